The Balaban J connectivity index is 2.06. The third-order valence-corrected chi connectivity index (χ3v) is 5.10. The highest BCUT2D eigenvalue weighted by molar-refractivity contribution is 5.93. The van der Waals surface area contributed by atoms with Gasteiger partial charge >= 0.3 is 0 Å². The van der Waals surface area contributed by atoms with Crippen LogP contribution in [0.3, 0.4) is 0 Å². The predicted octanol–water partition coefficient (Wildman–Crippen LogP) is 6.95. The zero-order valence-corrected chi connectivity index (χ0v) is 15.6. The number of benzene rings is 3. The molecule has 0 spiro atoms. The molecule has 0 unspecified atom stereocenters. The Morgan fingerprint density at radius 1 is 0.769 bits per heavy atom. The van der Waals surface area contributed by atoms with Gasteiger partial charge in [0.25, 0.3) is 0 Å². The third-order valence-electron chi connectivity index (χ3n) is 5.10. The first-order valence-electron chi connectivity index (χ1n) is 9.54. The van der Waals surface area contributed by atoms with E-state index < -0.39 is 0 Å². The lowest BCUT2D eigenvalue weighted by Gasteiger charge is -2.13. The lowest BCUT2D eigenvalue weighted by Crippen LogP contribution is -1.98. The largest absolute Gasteiger partial charge is 0.309 e. The molecule has 130 valence electrons. The molecule has 4 aromatic rings. The molecule has 0 aliphatic rings. The average Bonchev–Trinajstić information content (AvgIpc) is 3.02. The molecule has 0 radical (unpaired) electrons. The van der Waals surface area contributed by atoms with E-state index in [4.69, 9.17) is 0 Å². The Morgan fingerprint density at radius 2 is 1.46 bits per heavy atom. The van der Waals surface area contributed by atoms with Crippen molar-refractivity contribution in [2.24, 2.45) is 0 Å². The summed E-state index contributed by atoms with van der Waals surface area (Å²) in [5.41, 5.74) is 7.90. The fourth-order valence-corrected chi connectivity index (χ4v) is 3.77. The number of aryl methyl sites for hydroxylation is 2. The second-order valence-corrected chi connectivity index (χ2v) is 6.98. The number of hydrogen-bond donors (Lipinski definition) is 0. The van der Waals surface area contributed by atoms with Crippen LogP contribution in [-0.4, -0.2) is 4.57 Å². The first kappa shape index (κ1) is 16.7. The van der Waals surface area contributed by atoms with Gasteiger partial charge in [-0.25, -0.2) is 0 Å². The number of para-hydroxylation sites is 1. The molecule has 0 saturated carbocycles. The zero-order chi connectivity index (χ0) is 17.9. The van der Waals surface area contributed by atoms with Crippen LogP contribution in [0.2, 0.25) is 0 Å². The van der Waals surface area contributed by atoms with Gasteiger partial charge in [0.15, 0.2) is 0 Å². The Bertz CT molecular complexity index is 1010. The molecule has 0 bridgehead atoms. The Morgan fingerprint density at radius 3 is 2.19 bits per heavy atom. The summed E-state index contributed by atoms with van der Waals surface area (Å²) in [6.45, 7) is 4.41. The number of rotatable bonds is 5. The maximum Gasteiger partial charge on any atom is 0.0572 e. The smallest absolute Gasteiger partial charge is 0.0572 e. The lowest BCUT2D eigenvalue weighted by molar-refractivity contribution is 0.798. The number of unbranched alkanes of at least 4 members (excludes halogenated alkanes) is 1. The van der Waals surface area contributed by atoms with E-state index >= 15 is 0 Å². The number of hydrogen-bond acceptors (Lipinski definition) is 0. The van der Waals surface area contributed by atoms with Crippen molar-refractivity contribution in [3.05, 3.63) is 90.0 Å². The van der Waals surface area contributed by atoms with Crippen molar-refractivity contribution in [3.8, 4) is 16.9 Å². The Hall–Kier alpha value is -2.80. The van der Waals surface area contributed by atoms with Crippen LogP contribution < -0.4 is 0 Å². The standard InChI is InChI=1S/C25H25N/c1-3-4-12-23-22-13-8-9-14-24(22)26(21-17-15-19(2)16-18-21)25(23)20-10-6-5-7-11-20/h5-11,13-18H,3-4,12H2,1-2H3. The molecule has 26 heavy (non-hydrogen) atoms. The molecule has 4 rings (SSSR count). The van der Waals surface area contributed by atoms with Gasteiger partial charge < -0.3 is 4.57 Å². The van der Waals surface area contributed by atoms with Crippen LogP contribution in [0.5, 0.6) is 0 Å². The fourth-order valence-electron chi connectivity index (χ4n) is 3.77. The topological polar surface area (TPSA) is 4.93 Å². The summed E-state index contributed by atoms with van der Waals surface area (Å²) in [5.74, 6) is 0. The zero-order valence-electron chi connectivity index (χ0n) is 15.6. The first-order valence-corrected chi connectivity index (χ1v) is 9.54. The van der Waals surface area contributed by atoms with Crippen molar-refractivity contribution < 1.29 is 0 Å². The van der Waals surface area contributed by atoms with Crippen molar-refractivity contribution in [1.82, 2.24) is 4.57 Å². The summed E-state index contributed by atoms with van der Waals surface area (Å²) in [4.78, 5) is 0. The number of nitrogens with zero attached hydrogens (tertiary/aromatic N) is 1. The van der Waals surface area contributed by atoms with E-state index in [1.807, 2.05) is 0 Å². The minimum Gasteiger partial charge on any atom is -0.309 e. The second kappa shape index (κ2) is 7.21. The van der Waals surface area contributed by atoms with E-state index in [0.717, 1.165) is 6.42 Å². The van der Waals surface area contributed by atoms with E-state index in [0.29, 0.717) is 0 Å². The molecule has 0 aliphatic carbocycles. The summed E-state index contributed by atoms with van der Waals surface area (Å²) < 4.78 is 2.44. The summed E-state index contributed by atoms with van der Waals surface area (Å²) >= 11 is 0. The Kier molecular flexibility index (Phi) is 4.62. The molecular weight excluding hydrogens is 314 g/mol. The molecule has 0 fully saturated rings. The van der Waals surface area contributed by atoms with E-state index in [-0.39, 0.29) is 0 Å². The van der Waals surface area contributed by atoms with Gasteiger partial charge in [-0.05, 0) is 49.1 Å². The maximum atomic E-state index is 2.44. The minimum atomic E-state index is 1.11. The van der Waals surface area contributed by atoms with Gasteiger partial charge in [-0.3, -0.25) is 0 Å². The molecule has 1 aromatic heterocycles. The molecule has 1 heterocycles. The van der Waals surface area contributed by atoms with Crippen molar-refractivity contribution in [1.29, 1.82) is 0 Å². The third kappa shape index (κ3) is 2.94. The van der Waals surface area contributed by atoms with Gasteiger partial charge in [0.05, 0.1) is 11.2 Å². The van der Waals surface area contributed by atoms with Crippen LogP contribution in [0.15, 0.2) is 78.9 Å². The van der Waals surface area contributed by atoms with E-state index in [1.54, 1.807) is 0 Å². The van der Waals surface area contributed by atoms with Crippen LogP contribution in [0.4, 0.5) is 0 Å². The molecule has 1 nitrogen and oxygen atoms in total. The monoisotopic (exact) mass is 339 g/mol. The highest BCUT2D eigenvalue weighted by Gasteiger charge is 2.18. The number of fused-ring (bicyclic) bond motifs is 1. The molecule has 0 N–H and O–H groups in total. The number of aromatic nitrogens is 1. The van der Waals surface area contributed by atoms with Crippen LogP contribution in [-0.2, 0) is 6.42 Å². The molecule has 0 amide bonds. The van der Waals surface area contributed by atoms with Gasteiger partial charge in [0.1, 0.15) is 0 Å². The molecule has 0 saturated heterocycles. The molecule has 0 aliphatic heterocycles. The van der Waals surface area contributed by atoms with E-state index in [9.17, 15) is 0 Å². The fraction of sp³-hybridized carbons (Fsp3) is 0.200. The van der Waals surface area contributed by atoms with Gasteiger partial charge in [0, 0.05) is 11.1 Å². The summed E-state index contributed by atoms with van der Waals surface area (Å²) in [6.07, 6.45) is 3.53. The molecule has 1 heteroatoms. The maximum absolute atomic E-state index is 2.44. The molecule has 0 atom stereocenters. The van der Waals surface area contributed by atoms with Crippen LogP contribution in [0.25, 0.3) is 27.8 Å². The van der Waals surface area contributed by atoms with Crippen molar-refractivity contribution in [3.63, 3.8) is 0 Å². The highest BCUT2D eigenvalue weighted by Crippen LogP contribution is 2.37. The van der Waals surface area contributed by atoms with Gasteiger partial charge in [0.2, 0.25) is 0 Å². The summed E-state index contributed by atoms with van der Waals surface area (Å²) in [7, 11) is 0. The van der Waals surface area contributed by atoms with Gasteiger partial charge in [-0.1, -0.05) is 79.6 Å². The van der Waals surface area contributed by atoms with Crippen LogP contribution in [0.1, 0.15) is 30.9 Å². The second-order valence-electron chi connectivity index (χ2n) is 6.98. The summed E-state index contributed by atoms with van der Waals surface area (Å²) in [6, 6.07) is 28.5. The quantitative estimate of drug-likeness (QED) is 0.371. The van der Waals surface area contributed by atoms with E-state index in [1.165, 1.54) is 51.8 Å². The average molecular weight is 339 g/mol. The summed E-state index contributed by atoms with van der Waals surface area (Å²) in [5, 5.41) is 1.38. The Labute approximate surface area is 155 Å². The van der Waals surface area contributed by atoms with Gasteiger partial charge in [-0.2, -0.15) is 0 Å². The van der Waals surface area contributed by atoms with Crippen LogP contribution in [0, 0.1) is 6.92 Å². The van der Waals surface area contributed by atoms with E-state index in [2.05, 4.69) is 97.3 Å². The first-order chi connectivity index (χ1) is 12.8. The van der Waals surface area contributed by atoms with Crippen molar-refractivity contribution >= 4 is 10.9 Å². The predicted molar refractivity (Wildman–Crippen MR) is 112 cm³/mol. The van der Waals surface area contributed by atoms with Crippen LogP contribution >= 0.6 is 0 Å². The minimum absolute atomic E-state index is 1.11. The normalized spacial score (nSPS) is 11.2. The van der Waals surface area contributed by atoms with Gasteiger partial charge in [-0.15, -0.1) is 0 Å². The molecular formula is C25H25N. The molecule has 3 aromatic carbocycles. The SMILES string of the molecule is CCCCc1c(-c2ccccc2)n(-c2ccc(C)cc2)c2ccccc12. The van der Waals surface area contributed by atoms with Crippen molar-refractivity contribution in [2.45, 2.75) is 33.1 Å². The lowest BCUT2D eigenvalue weighted by atomic mass is 10.0. The van der Waals surface area contributed by atoms with Crippen molar-refractivity contribution in [2.75, 3.05) is 0 Å². The highest BCUT2D eigenvalue weighted by atomic mass is 15.0.